The lowest BCUT2D eigenvalue weighted by atomic mass is 10.3. The number of hydrogen-bond donors (Lipinski definition) is 1. The average Bonchev–Trinajstić information content (AvgIpc) is 2.92. The Balaban J connectivity index is 2.42. The van der Waals surface area contributed by atoms with E-state index in [1.807, 2.05) is 0 Å². The third-order valence-corrected chi connectivity index (χ3v) is 4.76. The van der Waals surface area contributed by atoms with E-state index < -0.39 is 0 Å². The van der Waals surface area contributed by atoms with Crippen molar-refractivity contribution in [1.29, 1.82) is 0 Å². The quantitative estimate of drug-likeness (QED) is 0.723. The Labute approximate surface area is 131 Å². The van der Waals surface area contributed by atoms with E-state index in [0.29, 0.717) is 0 Å². The van der Waals surface area contributed by atoms with Crippen molar-refractivity contribution < 1.29 is 4.74 Å². The van der Waals surface area contributed by atoms with Gasteiger partial charge in [-0.25, -0.2) is 0 Å². The Morgan fingerprint density at radius 2 is 1.89 bits per heavy atom. The molecule has 0 aromatic rings. The van der Waals surface area contributed by atoms with Gasteiger partial charge in [0.25, 0.3) is 0 Å². The smallest absolute Gasteiger partial charge is 0.150 e. The monoisotopic (exact) mass is 320 g/mol. The first-order chi connectivity index (χ1) is 9.19. The molecule has 0 amide bonds. The highest BCUT2D eigenvalue weighted by atomic mass is 32.2. The number of rotatable bonds is 7. The summed E-state index contributed by atoms with van der Waals surface area (Å²) in [5.41, 5.74) is 0. The van der Waals surface area contributed by atoms with Crippen molar-refractivity contribution in [2.45, 2.75) is 45.8 Å². The van der Waals surface area contributed by atoms with Crippen LogP contribution in [0.1, 0.15) is 39.5 Å². The summed E-state index contributed by atoms with van der Waals surface area (Å²) >= 11 is 12.4. The standard InChI is InChI=1S/C13H24N2OS3/c1-3-5-8-15(9-6-4-2)13(18)19-12(17)11-14-7-10-16-11/h11,14H,3-10H2,1-2H3. The number of hydrogen-bond acceptors (Lipinski definition) is 5. The number of thioether (sulfide) groups is 1. The fourth-order valence-corrected chi connectivity index (χ4v) is 3.51. The Kier molecular flexibility index (Phi) is 9.15. The summed E-state index contributed by atoms with van der Waals surface area (Å²) in [6, 6.07) is 0. The topological polar surface area (TPSA) is 24.5 Å². The van der Waals surface area contributed by atoms with Gasteiger partial charge in [0.05, 0.1) is 10.8 Å². The summed E-state index contributed by atoms with van der Waals surface area (Å²) in [7, 11) is 0. The van der Waals surface area contributed by atoms with E-state index >= 15 is 0 Å². The van der Waals surface area contributed by atoms with Crippen LogP contribution < -0.4 is 5.32 Å². The van der Waals surface area contributed by atoms with Gasteiger partial charge >= 0.3 is 0 Å². The molecular formula is C13H24N2OS3. The second kappa shape index (κ2) is 10.0. The summed E-state index contributed by atoms with van der Waals surface area (Å²) in [4.78, 5) is 2.29. The van der Waals surface area contributed by atoms with Crippen LogP contribution in [0.5, 0.6) is 0 Å². The molecule has 0 radical (unpaired) electrons. The van der Waals surface area contributed by atoms with Gasteiger partial charge in [-0.2, -0.15) is 0 Å². The van der Waals surface area contributed by atoms with E-state index in [2.05, 4.69) is 24.1 Å². The van der Waals surface area contributed by atoms with Crippen molar-refractivity contribution in [3.05, 3.63) is 0 Å². The zero-order chi connectivity index (χ0) is 14.1. The van der Waals surface area contributed by atoms with Crippen molar-refractivity contribution >= 4 is 44.7 Å². The van der Waals surface area contributed by atoms with Gasteiger partial charge in [0.15, 0.2) is 6.23 Å². The summed E-state index contributed by atoms with van der Waals surface area (Å²) in [6.45, 7) is 8.07. The maximum absolute atomic E-state index is 5.53. The molecule has 0 bridgehead atoms. The van der Waals surface area contributed by atoms with Gasteiger partial charge in [-0.15, -0.1) is 0 Å². The maximum atomic E-state index is 5.53. The lowest BCUT2D eigenvalue weighted by Crippen LogP contribution is -2.34. The minimum absolute atomic E-state index is 0.114. The average molecular weight is 321 g/mol. The van der Waals surface area contributed by atoms with E-state index in [4.69, 9.17) is 29.2 Å². The summed E-state index contributed by atoms with van der Waals surface area (Å²) in [5.74, 6) is 0. The predicted molar refractivity (Wildman–Crippen MR) is 91.9 cm³/mol. The van der Waals surface area contributed by atoms with E-state index in [1.54, 1.807) is 0 Å². The molecule has 0 aliphatic carbocycles. The van der Waals surface area contributed by atoms with Crippen molar-refractivity contribution in [3.63, 3.8) is 0 Å². The largest absolute Gasteiger partial charge is 0.357 e. The van der Waals surface area contributed by atoms with Crippen molar-refractivity contribution in [3.8, 4) is 0 Å². The third-order valence-electron chi connectivity index (χ3n) is 2.94. The van der Waals surface area contributed by atoms with Gasteiger partial charge in [-0.1, -0.05) is 51.1 Å². The number of unbranched alkanes of at least 4 members (excludes halogenated alkanes) is 2. The Bertz CT molecular complexity index is 286. The molecule has 1 atom stereocenters. The maximum Gasteiger partial charge on any atom is 0.150 e. The van der Waals surface area contributed by atoms with E-state index in [-0.39, 0.29) is 6.23 Å². The molecular weight excluding hydrogens is 296 g/mol. The van der Waals surface area contributed by atoms with Crippen LogP contribution in [0.25, 0.3) is 0 Å². The fourth-order valence-electron chi connectivity index (χ4n) is 1.77. The van der Waals surface area contributed by atoms with Crippen LogP contribution in [0.4, 0.5) is 0 Å². The molecule has 1 unspecified atom stereocenters. The molecule has 0 saturated carbocycles. The second-order valence-corrected chi connectivity index (χ2v) is 6.96. The van der Waals surface area contributed by atoms with Crippen LogP contribution in [0.15, 0.2) is 0 Å². The van der Waals surface area contributed by atoms with Gasteiger partial charge in [-0.3, -0.25) is 5.32 Å². The third kappa shape index (κ3) is 6.49. The zero-order valence-electron chi connectivity index (χ0n) is 11.8. The molecule has 19 heavy (non-hydrogen) atoms. The van der Waals surface area contributed by atoms with Gasteiger partial charge < -0.3 is 9.64 Å². The molecule has 0 spiro atoms. The van der Waals surface area contributed by atoms with Gasteiger partial charge in [0, 0.05) is 19.6 Å². The molecule has 1 saturated heterocycles. The molecule has 1 rings (SSSR count). The number of nitrogens with zero attached hydrogens (tertiary/aromatic N) is 1. The highest BCUT2D eigenvalue weighted by Gasteiger charge is 2.22. The van der Waals surface area contributed by atoms with E-state index in [1.165, 1.54) is 37.4 Å². The lowest BCUT2D eigenvalue weighted by molar-refractivity contribution is 0.156. The molecule has 1 aliphatic rings. The molecule has 3 nitrogen and oxygen atoms in total. The highest BCUT2D eigenvalue weighted by Crippen LogP contribution is 2.18. The van der Waals surface area contributed by atoms with Crippen LogP contribution in [-0.4, -0.2) is 45.9 Å². The van der Waals surface area contributed by atoms with E-state index in [9.17, 15) is 0 Å². The zero-order valence-corrected chi connectivity index (χ0v) is 14.3. The highest BCUT2D eigenvalue weighted by molar-refractivity contribution is 8.38. The van der Waals surface area contributed by atoms with Gasteiger partial charge in [0.1, 0.15) is 4.32 Å². The first-order valence-corrected chi connectivity index (χ1v) is 8.68. The molecule has 1 N–H and O–H groups in total. The Morgan fingerprint density at radius 1 is 1.26 bits per heavy atom. The summed E-state index contributed by atoms with van der Waals surface area (Å²) in [6.07, 6.45) is 4.61. The van der Waals surface area contributed by atoms with Crippen molar-refractivity contribution in [2.75, 3.05) is 26.2 Å². The summed E-state index contributed by atoms with van der Waals surface area (Å²) < 4.78 is 7.21. The molecule has 1 heterocycles. The van der Waals surface area contributed by atoms with Crippen LogP contribution in [0.2, 0.25) is 0 Å². The number of nitrogens with one attached hydrogen (secondary N) is 1. The Morgan fingerprint density at radius 3 is 2.37 bits per heavy atom. The van der Waals surface area contributed by atoms with Crippen molar-refractivity contribution in [1.82, 2.24) is 10.2 Å². The van der Waals surface area contributed by atoms with Crippen LogP contribution >= 0.6 is 36.2 Å². The molecule has 1 aliphatic heterocycles. The molecule has 0 aromatic heterocycles. The van der Waals surface area contributed by atoms with Crippen LogP contribution in [0, 0.1) is 0 Å². The predicted octanol–water partition coefficient (Wildman–Crippen LogP) is 3.18. The molecule has 110 valence electrons. The van der Waals surface area contributed by atoms with Crippen LogP contribution in [-0.2, 0) is 4.74 Å². The minimum atomic E-state index is -0.114. The molecule has 6 heteroatoms. The fraction of sp³-hybridized carbons (Fsp3) is 0.846. The lowest BCUT2D eigenvalue weighted by Gasteiger charge is -2.25. The SMILES string of the molecule is CCCCN(CCCC)C(=S)SC(=S)C1NCCO1. The number of thiocarbonyl (C=S) groups is 2. The first-order valence-electron chi connectivity index (χ1n) is 7.04. The Hall–Kier alpha value is 0.250. The molecule has 0 aromatic carbocycles. The van der Waals surface area contributed by atoms with Gasteiger partial charge in [-0.05, 0) is 24.6 Å². The van der Waals surface area contributed by atoms with E-state index in [0.717, 1.165) is 34.8 Å². The number of ether oxygens (including phenoxy) is 1. The van der Waals surface area contributed by atoms with Gasteiger partial charge in [0.2, 0.25) is 0 Å². The van der Waals surface area contributed by atoms with Crippen molar-refractivity contribution in [2.24, 2.45) is 0 Å². The minimum Gasteiger partial charge on any atom is -0.357 e. The molecule has 1 fully saturated rings. The second-order valence-electron chi connectivity index (χ2n) is 4.59. The van der Waals surface area contributed by atoms with Crippen LogP contribution in [0.3, 0.4) is 0 Å². The first kappa shape index (κ1) is 17.3. The normalized spacial score (nSPS) is 18.5. The summed E-state index contributed by atoms with van der Waals surface area (Å²) in [5, 5.41) is 3.22.